The summed E-state index contributed by atoms with van der Waals surface area (Å²) in [6, 6.07) is 5.10. The van der Waals surface area contributed by atoms with Crippen LogP contribution in [-0.4, -0.2) is 25.7 Å². The van der Waals surface area contributed by atoms with E-state index in [0.717, 1.165) is 16.7 Å². The fraction of sp³-hybridized carbons (Fsp3) is 0.357. The predicted octanol–water partition coefficient (Wildman–Crippen LogP) is 1.48. The summed E-state index contributed by atoms with van der Waals surface area (Å²) in [7, 11) is -1.75. The van der Waals surface area contributed by atoms with E-state index < -0.39 is 10.0 Å². The minimum Gasteiger partial charge on any atom is -0.316 e. The molecule has 1 aromatic heterocycles. The first-order valence-electron chi connectivity index (χ1n) is 6.69. The first-order valence-corrected chi connectivity index (χ1v) is 8.17. The molecule has 0 spiro atoms. The maximum absolute atomic E-state index is 12.6. The van der Waals surface area contributed by atoms with Crippen molar-refractivity contribution in [3.8, 4) is 0 Å². The quantitative estimate of drug-likeness (QED) is 0.754. The summed E-state index contributed by atoms with van der Waals surface area (Å²) >= 11 is 0. The van der Waals surface area contributed by atoms with E-state index in [-0.39, 0.29) is 6.04 Å². The first kappa shape index (κ1) is 15.7. The Morgan fingerprint density at radius 1 is 1.38 bits per heavy atom. The van der Waals surface area contributed by atoms with Crippen molar-refractivity contribution in [3.63, 3.8) is 0 Å². The Morgan fingerprint density at radius 3 is 2.76 bits per heavy atom. The molecule has 0 fully saturated rings. The highest BCUT2D eigenvalue weighted by Crippen LogP contribution is 2.20. The van der Waals surface area contributed by atoms with Gasteiger partial charge in [0.25, 0.3) is 0 Å². The van der Waals surface area contributed by atoms with Crippen LogP contribution in [0.25, 0.3) is 0 Å². The second-order valence-corrected chi connectivity index (χ2v) is 6.69. The second kappa shape index (κ2) is 6.38. The molecule has 21 heavy (non-hydrogen) atoms. The van der Waals surface area contributed by atoms with Gasteiger partial charge in [0.1, 0.15) is 0 Å². The van der Waals surface area contributed by atoms with Crippen molar-refractivity contribution < 1.29 is 8.42 Å². The number of benzene rings is 1. The monoisotopic (exact) mass is 308 g/mol. The molecular weight excluding hydrogens is 288 g/mol. The van der Waals surface area contributed by atoms with Crippen LogP contribution in [0.2, 0.25) is 0 Å². The molecule has 1 heterocycles. The van der Waals surface area contributed by atoms with Crippen LogP contribution in [0, 0.1) is 6.92 Å². The molecule has 2 rings (SSSR count). The van der Waals surface area contributed by atoms with E-state index in [9.17, 15) is 8.42 Å². The van der Waals surface area contributed by atoms with Gasteiger partial charge in [0, 0.05) is 24.3 Å². The molecule has 114 valence electrons. The van der Waals surface area contributed by atoms with Crippen LogP contribution in [0.1, 0.15) is 29.7 Å². The Labute approximate surface area is 125 Å². The number of nitrogens with zero attached hydrogens (tertiary/aromatic N) is 1. The van der Waals surface area contributed by atoms with Gasteiger partial charge in [-0.3, -0.25) is 5.10 Å². The minimum absolute atomic E-state index is 0.311. The maximum atomic E-state index is 12.6. The number of hydrogen-bond acceptors (Lipinski definition) is 4. The van der Waals surface area contributed by atoms with Crippen LogP contribution in [0.4, 0.5) is 0 Å². The van der Waals surface area contributed by atoms with Gasteiger partial charge in [0.2, 0.25) is 10.0 Å². The van der Waals surface area contributed by atoms with Gasteiger partial charge in [-0.15, -0.1) is 0 Å². The largest absolute Gasteiger partial charge is 0.316 e. The third kappa shape index (κ3) is 3.69. The molecule has 2 aromatic rings. The van der Waals surface area contributed by atoms with Gasteiger partial charge in [0.05, 0.1) is 11.1 Å². The van der Waals surface area contributed by atoms with Gasteiger partial charge < -0.3 is 5.32 Å². The van der Waals surface area contributed by atoms with E-state index in [4.69, 9.17) is 0 Å². The Morgan fingerprint density at radius 2 is 2.14 bits per heavy atom. The van der Waals surface area contributed by atoms with Crippen molar-refractivity contribution in [3.05, 3.63) is 47.3 Å². The zero-order chi connectivity index (χ0) is 15.5. The van der Waals surface area contributed by atoms with Crippen molar-refractivity contribution in [2.24, 2.45) is 0 Å². The summed E-state index contributed by atoms with van der Waals surface area (Å²) in [5.41, 5.74) is 2.45. The molecule has 0 aliphatic carbocycles. The van der Waals surface area contributed by atoms with Gasteiger partial charge >= 0.3 is 0 Å². The van der Waals surface area contributed by atoms with Gasteiger partial charge in [-0.2, -0.15) is 5.10 Å². The molecule has 1 aromatic carbocycles. The lowest BCUT2D eigenvalue weighted by Crippen LogP contribution is -2.27. The van der Waals surface area contributed by atoms with Crippen molar-refractivity contribution in [1.82, 2.24) is 20.2 Å². The lowest BCUT2D eigenvalue weighted by atomic mass is 10.1. The van der Waals surface area contributed by atoms with Crippen molar-refractivity contribution in [2.45, 2.75) is 31.3 Å². The lowest BCUT2D eigenvalue weighted by Gasteiger charge is -2.15. The fourth-order valence-electron chi connectivity index (χ4n) is 2.11. The zero-order valence-electron chi connectivity index (χ0n) is 12.3. The van der Waals surface area contributed by atoms with Crippen LogP contribution in [-0.2, 0) is 16.6 Å². The number of sulfonamides is 1. The average molecular weight is 308 g/mol. The summed E-state index contributed by atoms with van der Waals surface area (Å²) in [6.45, 7) is 4.20. The van der Waals surface area contributed by atoms with E-state index in [2.05, 4.69) is 20.2 Å². The highest BCUT2D eigenvalue weighted by Gasteiger charge is 2.21. The van der Waals surface area contributed by atoms with E-state index in [0.29, 0.717) is 11.4 Å². The number of rotatable bonds is 6. The van der Waals surface area contributed by atoms with Crippen molar-refractivity contribution in [1.29, 1.82) is 0 Å². The van der Waals surface area contributed by atoms with E-state index in [1.807, 2.05) is 19.2 Å². The topological polar surface area (TPSA) is 86.9 Å². The fourth-order valence-corrected chi connectivity index (χ4v) is 3.64. The third-order valence-corrected chi connectivity index (χ3v) is 4.96. The smallest absolute Gasteiger partial charge is 0.241 e. The number of aromatic amines is 1. The molecule has 0 aliphatic heterocycles. The molecule has 6 nitrogen and oxygen atoms in total. The molecule has 1 unspecified atom stereocenters. The van der Waals surface area contributed by atoms with E-state index in [1.165, 1.54) is 0 Å². The van der Waals surface area contributed by atoms with Crippen LogP contribution >= 0.6 is 0 Å². The number of hydrogen-bond donors (Lipinski definition) is 3. The predicted molar refractivity (Wildman–Crippen MR) is 81.3 cm³/mol. The maximum Gasteiger partial charge on any atom is 0.241 e. The molecule has 0 amide bonds. The molecule has 7 heteroatoms. The summed E-state index contributed by atoms with van der Waals surface area (Å²) in [4.78, 5) is 0.311. The average Bonchev–Trinajstić information content (AvgIpc) is 2.94. The molecule has 0 aliphatic rings. The second-order valence-electron chi connectivity index (χ2n) is 5.00. The van der Waals surface area contributed by atoms with Crippen molar-refractivity contribution >= 4 is 10.0 Å². The summed E-state index contributed by atoms with van der Waals surface area (Å²) < 4.78 is 27.8. The van der Waals surface area contributed by atoms with E-state index in [1.54, 1.807) is 32.3 Å². The van der Waals surface area contributed by atoms with Crippen LogP contribution in [0.15, 0.2) is 35.5 Å². The Balaban J connectivity index is 2.28. The molecule has 3 N–H and O–H groups in total. The summed E-state index contributed by atoms with van der Waals surface area (Å²) in [5.74, 6) is 0. The SMILES string of the molecule is CNCc1ccc(C)c(S(=O)(=O)NC(C)c2cn[nH]c2)c1. The minimum atomic E-state index is -3.58. The highest BCUT2D eigenvalue weighted by atomic mass is 32.2. The molecule has 0 bridgehead atoms. The number of aryl methyl sites for hydroxylation is 1. The number of nitrogens with one attached hydrogen (secondary N) is 3. The Bertz CT molecular complexity index is 696. The number of H-pyrrole nitrogens is 1. The van der Waals surface area contributed by atoms with Crippen LogP contribution < -0.4 is 10.0 Å². The highest BCUT2D eigenvalue weighted by molar-refractivity contribution is 7.89. The van der Waals surface area contributed by atoms with Gasteiger partial charge in [-0.05, 0) is 38.1 Å². The molecule has 1 atom stereocenters. The van der Waals surface area contributed by atoms with Crippen LogP contribution in [0.3, 0.4) is 0 Å². The van der Waals surface area contributed by atoms with Crippen LogP contribution in [0.5, 0.6) is 0 Å². The summed E-state index contributed by atoms with van der Waals surface area (Å²) in [5, 5.41) is 9.53. The molecule has 0 saturated carbocycles. The lowest BCUT2D eigenvalue weighted by molar-refractivity contribution is 0.566. The molecule has 0 saturated heterocycles. The Hall–Kier alpha value is -1.70. The first-order chi connectivity index (χ1) is 9.94. The number of aromatic nitrogens is 2. The summed E-state index contributed by atoms with van der Waals surface area (Å²) in [6.07, 6.45) is 3.29. The molecular formula is C14H20N4O2S. The molecule has 0 radical (unpaired) electrons. The van der Waals surface area contributed by atoms with Crippen molar-refractivity contribution in [2.75, 3.05) is 7.05 Å². The standard InChI is InChI=1S/C14H20N4O2S/c1-10-4-5-12(7-15-3)6-14(10)21(19,20)18-11(2)13-8-16-17-9-13/h4-6,8-9,11,15,18H,7H2,1-3H3,(H,16,17). The normalized spacial score (nSPS) is 13.3. The zero-order valence-corrected chi connectivity index (χ0v) is 13.2. The van der Waals surface area contributed by atoms with Gasteiger partial charge in [-0.1, -0.05) is 12.1 Å². The van der Waals surface area contributed by atoms with Gasteiger partial charge in [-0.25, -0.2) is 13.1 Å². The van der Waals surface area contributed by atoms with E-state index >= 15 is 0 Å². The third-order valence-electron chi connectivity index (χ3n) is 3.27. The Kier molecular flexibility index (Phi) is 4.76. The van der Waals surface area contributed by atoms with Gasteiger partial charge in [0.15, 0.2) is 0 Å².